The lowest BCUT2D eigenvalue weighted by Crippen LogP contribution is -2.33. The maximum atomic E-state index is 12.5. The van der Waals surface area contributed by atoms with Crippen molar-refractivity contribution in [2.75, 3.05) is 27.2 Å². The Labute approximate surface area is 120 Å². The summed E-state index contributed by atoms with van der Waals surface area (Å²) in [5.41, 5.74) is 1.23. The number of hydrogen-bond donors (Lipinski definition) is 0. The second kappa shape index (κ2) is 6.06. The van der Waals surface area contributed by atoms with Crippen molar-refractivity contribution in [2.24, 2.45) is 0 Å². The molecule has 1 saturated heterocycles. The van der Waals surface area contributed by atoms with Crippen LogP contribution in [-0.2, 0) is 0 Å². The first kappa shape index (κ1) is 14.5. The first-order chi connectivity index (χ1) is 8.99. The summed E-state index contributed by atoms with van der Waals surface area (Å²) in [5.74, 6) is 0.223. The second-order valence-electron chi connectivity index (χ2n) is 5.69. The zero-order valence-corrected chi connectivity index (χ0v) is 13.2. The molecule has 0 saturated carbocycles. The number of rotatable bonds is 2. The SMILES string of the molecule is Cc1cc(C(=O)N2CCCC(N(C)C)CC2)sc1C. The van der Waals surface area contributed by atoms with E-state index in [1.165, 1.54) is 16.9 Å². The van der Waals surface area contributed by atoms with Crippen molar-refractivity contribution in [1.29, 1.82) is 0 Å². The summed E-state index contributed by atoms with van der Waals surface area (Å²) in [6.45, 7) is 5.95. The maximum absolute atomic E-state index is 12.5. The smallest absolute Gasteiger partial charge is 0.263 e. The maximum Gasteiger partial charge on any atom is 0.263 e. The number of aryl methyl sites for hydroxylation is 2. The molecule has 1 fully saturated rings. The van der Waals surface area contributed by atoms with Crippen LogP contribution in [0, 0.1) is 13.8 Å². The first-order valence-electron chi connectivity index (χ1n) is 7.01. The number of carbonyl (C=O) groups is 1. The molecule has 3 nitrogen and oxygen atoms in total. The van der Waals surface area contributed by atoms with Gasteiger partial charge in [0.05, 0.1) is 4.88 Å². The van der Waals surface area contributed by atoms with Gasteiger partial charge in [-0.2, -0.15) is 0 Å². The zero-order chi connectivity index (χ0) is 14.0. The lowest BCUT2D eigenvalue weighted by Gasteiger charge is -2.23. The third-order valence-corrected chi connectivity index (χ3v) is 5.23. The van der Waals surface area contributed by atoms with Gasteiger partial charge in [0.1, 0.15) is 0 Å². The van der Waals surface area contributed by atoms with Crippen LogP contribution in [-0.4, -0.2) is 48.9 Å². The fraction of sp³-hybridized carbons (Fsp3) is 0.667. The van der Waals surface area contributed by atoms with Gasteiger partial charge in [0.2, 0.25) is 0 Å². The van der Waals surface area contributed by atoms with Gasteiger partial charge in [0, 0.05) is 24.0 Å². The van der Waals surface area contributed by atoms with Gasteiger partial charge in [-0.25, -0.2) is 0 Å². The number of likely N-dealkylation sites (tertiary alicyclic amines) is 1. The molecule has 0 aromatic carbocycles. The van der Waals surface area contributed by atoms with Crippen LogP contribution in [0.1, 0.15) is 39.4 Å². The van der Waals surface area contributed by atoms with E-state index >= 15 is 0 Å². The number of amides is 1. The summed E-state index contributed by atoms with van der Waals surface area (Å²) in [4.78, 5) is 19.0. The Balaban J connectivity index is 2.04. The molecular formula is C15H24N2OS. The van der Waals surface area contributed by atoms with E-state index in [0.29, 0.717) is 6.04 Å². The molecule has 106 valence electrons. The largest absolute Gasteiger partial charge is 0.338 e. The normalized spacial score (nSPS) is 20.7. The van der Waals surface area contributed by atoms with Crippen LogP contribution in [0.15, 0.2) is 6.07 Å². The zero-order valence-electron chi connectivity index (χ0n) is 12.4. The first-order valence-corrected chi connectivity index (χ1v) is 7.83. The molecule has 1 aliphatic rings. The van der Waals surface area contributed by atoms with E-state index in [1.54, 1.807) is 11.3 Å². The van der Waals surface area contributed by atoms with Crippen LogP contribution in [0.3, 0.4) is 0 Å². The van der Waals surface area contributed by atoms with Gasteiger partial charge in [0.25, 0.3) is 5.91 Å². The Bertz CT molecular complexity index is 433. The summed E-state index contributed by atoms with van der Waals surface area (Å²) >= 11 is 1.63. The summed E-state index contributed by atoms with van der Waals surface area (Å²) in [5, 5.41) is 0. The van der Waals surface area contributed by atoms with Gasteiger partial charge in [-0.3, -0.25) is 4.79 Å². The number of carbonyl (C=O) groups excluding carboxylic acids is 1. The molecule has 1 unspecified atom stereocenters. The third kappa shape index (κ3) is 3.37. The molecule has 2 heterocycles. The van der Waals surface area contributed by atoms with Crippen molar-refractivity contribution in [3.8, 4) is 0 Å². The van der Waals surface area contributed by atoms with E-state index in [0.717, 1.165) is 30.8 Å². The second-order valence-corrected chi connectivity index (χ2v) is 6.95. The lowest BCUT2D eigenvalue weighted by atomic mass is 10.1. The molecule has 1 atom stereocenters. The molecule has 0 radical (unpaired) electrons. The summed E-state index contributed by atoms with van der Waals surface area (Å²) < 4.78 is 0. The van der Waals surface area contributed by atoms with Crippen molar-refractivity contribution in [1.82, 2.24) is 9.80 Å². The Morgan fingerprint density at radius 1 is 1.32 bits per heavy atom. The van der Waals surface area contributed by atoms with Crippen molar-refractivity contribution in [2.45, 2.75) is 39.2 Å². The molecule has 1 aromatic rings. The van der Waals surface area contributed by atoms with E-state index in [2.05, 4.69) is 32.8 Å². The van der Waals surface area contributed by atoms with Gasteiger partial charge >= 0.3 is 0 Å². The van der Waals surface area contributed by atoms with E-state index in [1.807, 2.05) is 11.0 Å². The highest BCUT2D eigenvalue weighted by molar-refractivity contribution is 7.14. The third-order valence-electron chi connectivity index (χ3n) is 4.09. The van der Waals surface area contributed by atoms with Gasteiger partial charge < -0.3 is 9.80 Å². The fourth-order valence-corrected chi connectivity index (χ4v) is 3.63. The Morgan fingerprint density at radius 3 is 2.63 bits per heavy atom. The van der Waals surface area contributed by atoms with Crippen molar-refractivity contribution >= 4 is 17.2 Å². The number of thiophene rings is 1. The molecule has 2 rings (SSSR count). The van der Waals surface area contributed by atoms with Crippen molar-refractivity contribution in [3.05, 3.63) is 21.4 Å². The van der Waals surface area contributed by atoms with Crippen LogP contribution in [0.5, 0.6) is 0 Å². The highest BCUT2D eigenvalue weighted by atomic mass is 32.1. The predicted molar refractivity (Wildman–Crippen MR) is 81.0 cm³/mol. The van der Waals surface area contributed by atoms with Gasteiger partial charge in [-0.1, -0.05) is 0 Å². The molecule has 1 aliphatic heterocycles. The van der Waals surface area contributed by atoms with Crippen LogP contribution in [0.2, 0.25) is 0 Å². The Hall–Kier alpha value is -0.870. The van der Waals surface area contributed by atoms with E-state index in [4.69, 9.17) is 0 Å². The van der Waals surface area contributed by atoms with Crippen LogP contribution in [0.25, 0.3) is 0 Å². The standard InChI is InChI=1S/C15H24N2OS/c1-11-10-14(19-12(11)2)15(18)17-8-5-6-13(7-9-17)16(3)4/h10,13H,5-9H2,1-4H3. The van der Waals surface area contributed by atoms with E-state index in [9.17, 15) is 4.79 Å². The molecule has 0 aliphatic carbocycles. The monoisotopic (exact) mass is 280 g/mol. The van der Waals surface area contributed by atoms with Crippen molar-refractivity contribution < 1.29 is 4.79 Å². The van der Waals surface area contributed by atoms with Gasteiger partial charge in [-0.15, -0.1) is 11.3 Å². The molecule has 1 amide bonds. The molecule has 1 aromatic heterocycles. The van der Waals surface area contributed by atoms with Gasteiger partial charge in [-0.05, 0) is 58.8 Å². The Morgan fingerprint density at radius 2 is 2.05 bits per heavy atom. The highest BCUT2D eigenvalue weighted by Crippen LogP contribution is 2.23. The summed E-state index contributed by atoms with van der Waals surface area (Å²) in [7, 11) is 4.27. The molecule has 4 heteroatoms. The average molecular weight is 280 g/mol. The minimum atomic E-state index is 0.223. The highest BCUT2D eigenvalue weighted by Gasteiger charge is 2.23. The fourth-order valence-electron chi connectivity index (χ4n) is 2.63. The van der Waals surface area contributed by atoms with Crippen LogP contribution >= 0.6 is 11.3 Å². The predicted octanol–water partition coefficient (Wildman–Crippen LogP) is 2.92. The average Bonchev–Trinajstić information content (AvgIpc) is 2.59. The van der Waals surface area contributed by atoms with Gasteiger partial charge in [0.15, 0.2) is 0 Å². The quantitative estimate of drug-likeness (QED) is 0.831. The minimum Gasteiger partial charge on any atom is -0.338 e. The lowest BCUT2D eigenvalue weighted by molar-refractivity contribution is 0.0763. The molecule has 0 N–H and O–H groups in total. The number of nitrogens with zero attached hydrogens (tertiary/aromatic N) is 2. The number of hydrogen-bond acceptors (Lipinski definition) is 3. The minimum absolute atomic E-state index is 0.223. The van der Waals surface area contributed by atoms with E-state index in [-0.39, 0.29) is 5.91 Å². The van der Waals surface area contributed by atoms with Crippen molar-refractivity contribution in [3.63, 3.8) is 0 Å². The van der Waals surface area contributed by atoms with Crippen LogP contribution < -0.4 is 0 Å². The molecule has 0 bridgehead atoms. The summed E-state index contributed by atoms with van der Waals surface area (Å²) in [6, 6.07) is 2.65. The summed E-state index contributed by atoms with van der Waals surface area (Å²) in [6.07, 6.45) is 3.39. The molecular weight excluding hydrogens is 256 g/mol. The molecule has 0 spiro atoms. The Kier molecular flexibility index (Phi) is 4.63. The molecule has 19 heavy (non-hydrogen) atoms. The topological polar surface area (TPSA) is 23.6 Å². The van der Waals surface area contributed by atoms with Crippen LogP contribution in [0.4, 0.5) is 0 Å². The van der Waals surface area contributed by atoms with E-state index < -0.39 is 0 Å².